The van der Waals surface area contributed by atoms with Crippen molar-refractivity contribution in [1.29, 1.82) is 0 Å². The van der Waals surface area contributed by atoms with Crippen LogP contribution in [0.4, 0.5) is 0 Å². The summed E-state index contributed by atoms with van der Waals surface area (Å²) < 4.78 is 0. The number of carbonyl (C=O) groups excluding carboxylic acids is 1. The van der Waals surface area contributed by atoms with E-state index in [-0.39, 0.29) is 12.5 Å². The molecule has 16 heavy (non-hydrogen) atoms. The van der Waals surface area contributed by atoms with Crippen molar-refractivity contribution in [2.24, 2.45) is 5.73 Å². The maximum absolute atomic E-state index is 12.0. The van der Waals surface area contributed by atoms with E-state index < -0.39 is 5.60 Å². The number of hydrogen-bond donors (Lipinski definition) is 2. The molecule has 2 rings (SSSR count). The van der Waals surface area contributed by atoms with Crippen LogP contribution in [0.25, 0.3) is 0 Å². The average Bonchev–Trinajstić information content (AvgIpc) is 2.83. The van der Waals surface area contributed by atoms with Gasteiger partial charge >= 0.3 is 0 Å². The van der Waals surface area contributed by atoms with Crippen LogP contribution in [0.3, 0.4) is 0 Å². The monoisotopic (exact) mass is 240 g/mol. The van der Waals surface area contributed by atoms with E-state index in [2.05, 4.69) is 0 Å². The number of carbonyl (C=O) groups is 1. The Morgan fingerprint density at radius 1 is 1.56 bits per heavy atom. The van der Waals surface area contributed by atoms with Crippen LogP contribution < -0.4 is 5.73 Å². The van der Waals surface area contributed by atoms with Crippen LogP contribution in [0.5, 0.6) is 0 Å². The Labute approximate surface area is 98.7 Å². The van der Waals surface area contributed by atoms with Crippen molar-refractivity contribution in [1.82, 2.24) is 4.90 Å². The van der Waals surface area contributed by atoms with E-state index in [0.717, 1.165) is 4.88 Å². The summed E-state index contributed by atoms with van der Waals surface area (Å²) in [4.78, 5) is 14.5. The fourth-order valence-electron chi connectivity index (χ4n) is 1.89. The van der Waals surface area contributed by atoms with E-state index >= 15 is 0 Å². The van der Waals surface area contributed by atoms with Gasteiger partial charge in [-0.2, -0.15) is 0 Å². The van der Waals surface area contributed by atoms with Crippen LogP contribution in [0.1, 0.15) is 22.5 Å². The van der Waals surface area contributed by atoms with E-state index in [1.165, 1.54) is 11.3 Å². The Morgan fingerprint density at radius 2 is 2.25 bits per heavy atom. The molecule has 1 amide bonds. The predicted molar refractivity (Wildman–Crippen MR) is 63.5 cm³/mol. The lowest BCUT2D eigenvalue weighted by Gasteiger charge is -2.37. The molecule has 4 nitrogen and oxygen atoms in total. The van der Waals surface area contributed by atoms with Crippen LogP contribution in [0.15, 0.2) is 17.5 Å². The number of thiophene rings is 1. The molecule has 3 N–H and O–H groups in total. The average molecular weight is 240 g/mol. The Hall–Kier alpha value is -0.910. The van der Waals surface area contributed by atoms with Gasteiger partial charge in [0.25, 0.3) is 5.91 Å². The first kappa shape index (κ1) is 11.6. The van der Waals surface area contributed by atoms with Gasteiger partial charge in [-0.25, -0.2) is 0 Å². The summed E-state index contributed by atoms with van der Waals surface area (Å²) in [7, 11) is 0. The van der Waals surface area contributed by atoms with Crippen LogP contribution in [0.2, 0.25) is 0 Å². The number of hydrogen-bond acceptors (Lipinski definition) is 4. The molecule has 5 heteroatoms. The van der Waals surface area contributed by atoms with Gasteiger partial charge in [-0.1, -0.05) is 6.07 Å². The fraction of sp³-hybridized carbons (Fsp3) is 0.545. The van der Waals surface area contributed by atoms with Crippen LogP contribution in [-0.2, 0) is 0 Å². The van der Waals surface area contributed by atoms with Gasteiger partial charge in [0.1, 0.15) is 0 Å². The quantitative estimate of drug-likeness (QED) is 0.798. The molecule has 0 aromatic carbocycles. The van der Waals surface area contributed by atoms with Crippen molar-refractivity contribution in [2.45, 2.75) is 18.4 Å². The number of aliphatic hydroxyl groups is 1. The van der Waals surface area contributed by atoms with Crippen molar-refractivity contribution < 1.29 is 9.90 Å². The maximum atomic E-state index is 12.0. The minimum absolute atomic E-state index is 0.0640. The zero-order valence-electron chi connectivity index (χ0n) is 9.06. The molecule has 2 heterocycles. The van der Waals surface area contributed by atoms with Gasteiger partial charge in [0.15, 0.2) is 0 Å². The summed E-state index contributed by atoms with van der Waals surface area (Å²) in [6, 6.07) is 3.70. The fourth-order valence-corrected chi connectivity index (χ4v) is 2.58. The smallest absolute Gasteiger partial charge is 0.263 e. The van der Waals surface area contributed by atoms with Gasteiger partial charge in [-0.15, -0.1) is 11.3 Å². The third-order valence-electron chi connectivity index (χ3n) is 3.09. The molecule has 0 spiro atoms. The lowest BCUT2D eigenvalue weighted by molar-refractivity contribution is -0.00938. The Balaban J connectivity index is 1.97. The largest absolute Gasteiger partial charge is 0.388 e. The van der Waals surface area contributed by atoms with Gasteiger partial charge < -0.3 is 15.7 Å². The zero-order chi connectivity index (χ0) is 11.6. The molecule has 0 atom stereocenters. The van der Waals surface area contributed by atoms with E-state index in [9.17, 15) is 9.90 Å². The van der Waals surface area contributed by atoms with Crippen molar-refractivity contribution in [3.63, 3.8) is 0 Å². The molecule has 0 aliphatic carbocycles. The second kappa shape index (κ2) is 4.53. The third-order valence-corrected chi connectivity index (χ3v) is 3.95. The molecule has 0 saturated carbocycles. The normalized spacial score (nSPS) is 19.8. The molecule has 88 valence electrons. The highest BCUT2D eigenvalue weighted by Crippen LogP contribution is 2.23. The highest BCUT2D eigenvalue weighted by molar-refractivity contribution is 7.12. The van der Waals surface area contributed by atoms with Crippen molar-refractivity contribution in [3.05, 3.63) is 22.4 Å². The summed E-state index contributed by atoms with van der Waals surface area (Å²) >= 11 is 1.45. The maximum Gasteiger partial charge on any atom is 0.263 e. The van der Waals surface area contributed by atoms with E-state index in [4.69, 9.17) is 5.73 Å². The molecule has 1 aromatic rings. The number of piperidine rings is 1. The minimum atomic E-state index is -0.772. The van der Waals surface area contributed by atoms with Crippen LogP contribution in [-0.4, -0.2) is 41.1 Å². The summed E-state index contributed by atoms with van der Waals surface area (Å²) in [6.07, 6.45) is 1.14. The van der Waals surface area contributed by atoms with Crippen molar-refractivity contribution in [3.8, 4) is 0 Å². The number of likely N-dealkylation sites (tertiary alicyclic amines) is 1. The molecule has 1 fully saturated rings. The topological polar surface area (TPSA) is 66.6 Å². The standard InChI is InChI=1S/C11H16N2O2S/c12-8-11(15)3-5-13(6-4-11)10(14)9-2-1-7-16-9/h1-2,7,15H,3-6,8,12H2. The third kappa shape index (κ3) is 2.26. The van der Waals surface area contributed by atoms with Crippen molar-refractivity contribution in [2.75, 3.05) is 19.6 Å². The Bertz CT molecular complexity index is 356. The SMILES string of the molecule is NCC1(O)CCN(C(=O)c2cccs2)CC1. The molecule has 1 aliphatic rings. The molecule has 1 saturated heterocycles. The first-order valence-corrected chi connectivity index (χ1v) is 6.28. The molecule has 1 aromatic heterocycles. The molecular weight excluding hydrogens is 224 g/mol. The number of nitrogens with two attached hydrogens (primary N) is 1. The molecule has 0 unspecified atom stereocenters. The van der Waals surface area contributed by atoms with Gasteiger partial charge in [-0.3, -0.25) is 4.79 Å². The highest BCUT2D eigenvalue weighted by atomic mass is 32.1. The second-order valence-electron chi connectivity index (χ2n) is 4.20. The zero-order valence-corrected chi connectivity index (χ0v) is 9.87. The number of amides is 1. The first-order chi connectivity index (χ1) is 7.64. The van der Waals surface area contributed by atoms with E-state index in [1.807, 2.05) is 17.5 Å². The van der Waals surface area contributed by atoms with Gasteiger partial charge in [0.2, 0.25) is 0 Å². The summed E-state index contributed by atoms with van der Waals surface area (Å²) in [5, 5.41) is 11.8. The summed E-state index contributed by atoms with van der Waals surface area (Å²) in [5.41, 5.74) is 4.73. The predicted octanol–water partition coefficient (Wildman–Crippen LogP) is 0.674. The van der Waals surface area contributed by atoms with Crippen molar-refractivity contribution >= 4 is 17.2 Å². The summed E-state index contributed by atoms with van der Waals surface area (Å²) in [5.74, 6) is 0.0640. The molecular formula is C11H16N2O2S. The first-order valence-electron chi connectivity index (χ1n) is 5.40. The Kier molecular flexibility index (Phi) is 3.28. The van der Waals surface area contributed by atoms with Gasteiger partial charge in [0.05, 0.1) is 10.5 Å². The summed E-state index contributed by atoms with van der Waals surface area (Å²) in [6.45, 7) is 1.45. The number of rotatable bonds is 2. The van der Waals surface area contributed by atoms with Gasteiger partial charge in [0, 0.05) is 19.6 Å². The molecule has 1 aliphatic heterocycles. The minimum Gasteiger partial charge on any atom is -0.388 e. The van der Waals surface area contributed by atoms with Crippen LogP contribution >= 0.6 is 11.3 Å². The Morgan fingerprint density at radius 3 is 2.75 bits per heavy atom. The lowest BCUT2D eigenvalue weighted by atomic mass is 9.91. The van der Waals surface area contributed by atoms with Crippen LogP contribution in [0, 0.1) is 0 Å². The van der Waals surface area contributed by atoms with E-state index in [1.54, 1.807) is 4.90 Å². The van der Waals surface area contributed by atoms with Gasteiger partial charge in [-0.05, 0) is 24.3 Å². The second-order valence-corrected chi connectivity index (χ2v) is 5.15. The molecule has 0 radical (unpaired) electrons. The highest BCUT2D eigenvalue weighted by Gasteiger charge is 2.32. The molecule has 0 bridgehead atoms. The van der Waals surface area contributed by atoms with E-state index in [0.29, 0.717) is 25.9 Å². The lowest BCUT2D eigenvalue weighted by Crippen LogP contribution is -2.50. The number of nitrogens with zero attached hydrogens (tertiary/aromatic N) is 1.